The van der Waals surface area contributed by atoms with Gasteiger partial charge in [0.05, 0.1) is 10.2 Å². The molecule has 1 aromatic heterocycles. The Bertz CT molecular complexity index is 176. The summed E-state index contributed by atoms with van der Waals surface area (Å²) in [6, 6.07) is 0. The first-order valence-electron chi connectivity index (χ1n) is 2.08. The zero-order chi connectivity index (χ0) is 6.15. The lowest BCUT2D eigenvalue weighted by molar-refractivity contribution is 0.574. The van der Waals surface area contributed by atoms with E-state index >= 15 is 0 Å². The van der Waals surface area contributed by atoms with Crippen LogP contribution in [0.4, 0.5) is 4.39 Å². The van der Waals surface area contributed by atoms with Crippen LogP contribution in [-0.4, -0.2) is 10.2 Å². The number of aromatic nitrogens is 2. The van der Waals surface area contributed by atoms with E-state index < -0.39 is 5.95 Å². The van der Waals surface area contributed by atoms with Gasteiger partial charge in [0.2, 0.25) is 5.95 Å². The van der Waals surface area contributed by atoms with E-state index in [1.807, 2.05) is 0 Å². The van der Waals surface area contributed by atoms with E-state index in [-0.39, 0.29) is 0 Å². The predicted molar refractivity (Wildman–Crippen MR) is 31.0 cm³/mol. The van der Waals surface area contributed by atoms with Crippen molar-refractivity contribution in [3.8, 4) is 0 Å². The van der Waals surface area contributed by atoms with Crippen LogP contribution in [0.15, 0.2) is 4.47 Å². The van der Waals surface area contributed by atoms with Gasteiger partial charge in [0.15, 0.2) is 0 Å². The number of aryl methyl sites for hydroxylation is 1. The normalized spacial score (nSPS) is 9.88. The zero-order valence-corrected chi connectivity index (χ0v) is 5.79. The molecule has 0 bridgehead atoms. The van der Waals surface area contributed by atoms with Gasteiger partial charge in [-0.3, -0.25) is 5.10 Å². The van der Waals surface area contributed by atoms with Crippen LogP contribution >= 0.6 is 15.9 Å². The summed E-state index contributed by atoms with van der Waals surface area (Å²) < 4.78 is 12.6. The lowest BCUT2D eigenvalue weighted by atomic mass is 10.5. The van der Waals surface area contributed by atoms with E-state index in [0.29, 0.717) is 10.2 Å². The summed E-state index contributed by atoms with van der Waals surface area (Å²) in [7, 11) is 0. The minimum atomic E-state index is -0.414. The van der Waals surface area contributed by atoms with Gasteiger partial charge in [-0.1, -0.05) is 0 Å². The van der Waals surface area contributed by atoms with E-state index in [1.165, 1.54) is 0 Å². The summed E-state index contributed by atoms with van der Waals surface area (Å²) in [4.78, 5) is 0. The number of rotatable bonds is 0. The number of hydrogen-bond donors (Lipinski definition) is 1. The van der Waals surface area contributed by atoms with E-state index in [4.69, 9.17) is 0 Å². The van der Waals surface area contributed by atoms with Crippen LogP contribution in [0.3, 0.4) is 0 Å². The molecule has 0 aromatic carbocycles. The molecule has 0 aliphatic rings. The van der Waals surface area contributed by atoms with Crippen molar-refractivity contribution in [1.29, 1.82) is 0 Å². The fourth-order valence-electron chi connectivity index (χ4n) is 0.390. The molecule has 2 nitrogen and oxygen atoms in total. The predicted octanol–water partition coefficient (Wildman–Crippen LogP) is 1.62. The molecule has 1 heterocycles. The Morgan fingerprint density at radius 1 is 1.75 bits per heavy atom. The van der Waals surface area contributed by atoms with Gasteiger partial charge in [0, 0.05) is 0 Å². The van der Waals surface area contributed by atoms with Crippen LogP contribution in [0.25, 0.3) is 0 Å². The summed E-state index contributed by atoms with van der Waals surface area (Å²) in [6.07, 6.45) is 0. The second-order valence-corrected chi connectivity index (χ2v) is 2.23. The first-order chi connectivity index (χ1) is 3.72. The highest BCUT2D eigenvalue weighted by molar-refractivity contribution is 9.10. The van der Waals surface area contributed by atoms with Gasteiger partial charge in [0.1, 0.15) is 0 Å². The third-order valence-electron chi connectivity index (χ3n) is 0.832. The molecule has 0 amide bonds. The van der Waals surface area contributed by atoms with Crippen molar-refractivity contribution in [1.82, 2.24) is 10.2 Å². The fourth-order valence-corrected chi connectivity index (χ4v) is 0.567. The Kier molecular flexibility index (Phi) is 1.33. The maximum Gasteiger partial charge on any atom is 0.223 e. The Balaban J connectivity index is 3.19. The Hall–Kier alpha value is -0.380. The summed E-state index contributed by atoms with van der Waals surface area (Å²) >= 11 is 2.98. The van der Waals surface area contributed by atoms with Crippen molar-refractivity contribution in [2.45, 2.75) is 6.92 Å². The lowest BCUT2D eigenvalue weighted by Crippen LogP contribution is -1.69. The molecule has 1 aromatic rings. The summed E-state index contributed by atoms with van der Waals surface area (Å²) in [6.45, 7) is 1.71. The lowest BCUT2D eigenvalue weighted by Gasteiger charge is -1.77. The van der Waals surface area contributed by atoms with Crippen molar-refractivity contribution in [2.24, 2.45) is 0 Å². The van der Waals surface area contributed by atoms with Crippen molar-refractivity contribution < 1.29 is 4.39 Å². The largest absolute Gasteiger partial charge is 0.252 e. The third kappa shape index (κ3) is 0.753. The van der Waals surface area contributed by atoms with Crippen LogP contribution in [0, 0.1) is 12.9 Å². The molecule has 0 fully saturated rings. The second-order valence-electron chi connectivity index (χ2n) is 1.44. The highest BCUT2D eigenvalue weighted by Crippen LogP contribution is 2.15. The average Bonchev–Trinajstić information content (AvgIpc) is 1.98. The Morgan fingerprint density at radius 2 is 2.38 bits per heavy atom. The summed E-state index contributed by atoms with van der Waals surface area (Å²) in [5.41, 5.74) is 0.641. The van der Waals surface area contributed by atoms with Gasteiger partial charge in [-0.05, 0) is 22.9 Å². The van der Waals surface area contributed by atoms with Gasteiger partial charge in [0.25, 0.3) is 0 Å². The van der Waals surface area contributed by atoms with Crippen LogP contribution in [-0.2, 0) is 0 Å². The molecule has 4 heteroatoms. The molecule has 0 spiro atoms. The molecular weight excluding hydrogens is 175 g/mol. The number of halogens is 2. The van der Waals surface area contributed by atoms with Crippen molar-refractivity contribution in [3.63, 3.8) is 0 Å². The molecule has 44 valence electrons. The number of hydrogen-bond acceptors (Lipinski definition) is 1. The minimum Gasteiger partial charge on any atom is -0.252 e. The first kappa shape index (κ1) is 5.75. The number of nitrogens with one attached hydrogen (secondary N) is 1. The van der Waals surface area contributed by atoms with Crippen LogP contribution < -0.4 is 0 Å². The average molecular weight is 179 g/mol. The van der Waals surface area contributed by atoms with Crippen LogP contribution in [0.2, 0.25) is 0 Å². The van der Waals surface area contributed by atoms with Crippen molar-refractivity contribution in [2.75, 3.05) is 0 Å². The van der Waals surface area contributed by atoms with Gasteiger partial charge in [-0.25, -0.2) is 0 Å². The van der Waals surface area contributed by atoms with Gasteiger partial charge >= 0.3 is 0 Å². The molecule has 8 heavy (non-hydrogen) atoms. The molecule has 0 saturated carbocycles. The van der Waals surface area contributed by atoms with Crippen molar-refractivity contribution >= 4 is 15.9 Å². The van der Waals surface area contributed by atoms with Gasteiger partial charge < -0.3 is 0 Å². The van der Waals surface area contributed by atoms with Gasteiger partial charge in [-0.15, -0.1) is 0 Å². The maximum atomic E-state index is 12.2. The zero-order valence-electron chi connectivity index (χ0n) is 4.20. The van der Waals surface area contributed by atoms with Crippen LogP contribution in [0.5, 0.6) is 0 Å². The molecule has 0 unspecified atom stereocenters. The fraction of sp³-hybridized carbons (Fsp3) is 0.250. The topological polar surface area (TPSA) is 28.7 Å². The van der Waals surface area contributed by atoms with Crippen LogP contribution in [0.1, 0.15) is 5.69 Å². The van der Waals surface area contributed by atoms with E-state index in [9.17, 15) is 4.39 Å². The Labute approximate surface area is 54.2 Å². The molecule has 0 radical (unpaired) electrons. The molecule has 1 rings (SSSR count). The molecule has 0 aliphatic carbocycles. The van der Waals surface area contributed by atoms with Crippen molar-refractivity contribution in [3.05, 3.63) is 16.1 Å². The SMILES string of the molecule is Cc1n[nH]c(F)c1Br. The van der Waals surface area contributed by atoms with Gasteiger partial charge in [-0.2, -0.15) is 9.49 Å². The standard InChI is InChI=1S/C4H4BrFN2/c1-2-3(5)4(6)8-7-2/h1H3,(H,7,8). The van der Waals surface area contributed by atoms with E-state index in [1.54, 1.807) is 6.92 Å². The molecule has 0 atom stereocenters. The summed E-state index contributed by atoms with van der Waals surface area (Å²) in [5.74, 6) is -0.414. The summed E-state index contributed by atoms with van der Waals surface area (Å²) in [5, 5.41) is 5.74. The highest BCUT2D eigenvalue weighted by atomic mass is 79.9. The van der Waals surface area contributed by atoms with E-state index in [2.05, 4.69) is 26.1 Å². The number of H-pyrrole nitrogens is 1. The Morgan fingerprint density at radius 3 is 2.50 bits per heavy atom. The van der Waals surface area contributed by atoms with E-state index in [0.717, 1.165) is 0 Å². The molecular formula is C4H4BrFN2. The highest BCUT2D eigenvalue weighted by Gasteiger charge is 2.02. The third-order valence-corrected chi connectivity index (χ3v) is 1.75. The quantitative estimate of drug-likeness (QED) is 0.643. The second kappa shape index (κ2) is 1.85. The first-order valence-corrected chi connectivity index (χ1v) is 2.87. The molecule has 0 saturated heterocycles. The maximum absolute atomic E-state index is 12.2. The minimum absolute atomic E-state index is 0.414. The monoisotopic (exact) mass is 178 g/mol. The molecule has 0 aliphatic heterocycles. The smallest absolute Gasteiger partial charge is 0.223 e. The number of nitrogens with zero attached hydrogens (tertiary/aromatic N) is 1. The number of aromatic amines is 1. The molecule has 1 N–H and O–H groups in total.